The van der Waals surface area contributed by atoms with Crippen LogP contribution in [0.15, 0.2) is 48.5 Å². The Morgan fingerprint density at radius 1 is 1.21 bits per heavy atom. The average Bonchev–Trinajstić information content (AvgIpc) is 2.99. The highest BCUT2D eigenvalue weighted by atomic mass is 19.1. The highest BCUT2D eigenvalue weighted by Crippen LogP contribution is 2.26. The maximum atomic E-state index is 13.9. The molecule has 0 aliphatic rings. The van der Waals surface area contributed by atoms with Crippen molar-refractivity contribution in [3.05, 3.63) is 60.2 Å². The summed E-state index contributed by atoms with van der Waals surface area (Å²) in [6.45, 7) is 5.55. The van der Waals surface area contributed by atoms with E-state index >= 15 is 0 Å². The van der Waals surface area contributed by atoms with Crippen LogP contribution in [-0.2, 0) is 9.47 Å². The molecule has 0 fully saturated rings. The summed E-state index contributed by atoms with van der Waals surface area (Å²) >= 11 is 0. The second-order valence-corrected chi connectivity index (χ2v) is 7.43. The molecule has 1 atom stereocenters. The Morgan fingerprint density at radius 2 is 1.93 bits per heavy atom. The molecule has 0 aliphatic carbocycles. The van der Waals surface area contributed by atoms with E-state index in [1.165, 1.54) is 12.1 Å². The number of methoxy groups -OCH3 is 1. The van der Waals surface area contributed by atoms with Crippen molar-refractivity contribution >= 4 is 17.1 Å². The van der Waals surface area contributed by atoms with Crippen molar-refractivity contribution in [1.29, 1.82) is 0 Å². The van der Waals surface area contributed by atoms with Crippen LogP contribution in [0.25, 0.3) is 16.7 Å². The number of hydrogen-bond donors (Lipinski definition) is 1. The smallest absolute Gasteiger partial charge is 0.408 e. The lowest BCUT2D eigenvalue weighted by Gasteiger charge is -2.23. The van der Waals surface area contributed by atoms with Gasteiger partial charge in [-0.05, 0) is 45.0 Å². The summed E-state index contributed by atoms with van der Waals surface area (Å²) in [7, 11) is 1.54. The van der Waals surface area contributed by atoms with E-state index in [0.29, 0.717) is 16.9 Å². The number of amides is 1. The van der Waals surface area contributed by atoms with Crippen molar-refractivity contribution in [3.8, 4) is 5.69 Å². The lowest BCUT2D eigenvalue weighted by Crippen LogP contribution is -2.37. The molecule has 0 radical (unpaired) electrons. The summed E-state index contributed by atoms with van der Waals surface area (Å²) in [4.78, 5) is 17.0. The summed E-state index contributed by atoms with van der Waals surface area (Å²) in [6, 6.07) is 13.3. The largest absolute Gasteiger partial charge is 0.444 e. The predicted molar refractivity (Wildman–Crippen MR) is 105 cm³/mol. The van der Waals surface area contributed by atoms with Gasteiger partial charge in [0.1, 0.15) is 23.3 Å². The number of halogens is 1. The zero-order valence-corrected chi connectivity index (χ0v) is 16.4. The SMILES string of the molecule is COCC(NC(=O)OC(C)(C)C)c1nc2ccc(F)cc2n1-c1ccccc1. The molecule has 0 aliphatic heterocycles. The van der Waals surface area contributed by atoms with Gasteiger partial charge in [-0.3, -0.25) is 4.57 Å². The van der Waals surface area contributed by atoms with Crippen molar-refractivity contribution in [2.45, 2.75) is 32.4 Å². The molecule has 6 nitrogen and oxygen atoms in total. The predicted octanol–water partition coefficient (Wildman–Crippen LogP) is 4.38. The number of aromatic nitrogens is 2. The summed E-state index contributed by atoms with van der Waals surface area (Å²) in [5, 5.41) is 2.81. The maximum absolute atomic E-state index is 13.9. The standard InChI is InChI=1S/C21H24FN3O3/c1-21(2,3)28-20(26)24-17(13-27-4)19-23-16-11-10-14(22)12-18(16)25(19)15-8-6-5-7-9-15/h5-12,17H,13H2,1-4H3,(H,24,26). The number of ether oxygens (including phenoxy) is 2. The fraction of sp³-hybridized carbons (Fsp3) is 0.333. The summed E-state index contributed by atoms with van der Waals surface area (Å²) in [5.74, 6) is 0.166. The van der Waals surface area contributed by atoms with Gasteiger partial charge in [0.15, 0.2) is 0 Å². The van der Waals surface area contributed by atoms with E-state index in [4.69, 9.17) is 9.47 Å². The number of alkyl carbamates (subject to hydrolysis) is 1. The zero-order valence-electron chi connectivity index (χ0n) is 16.4. The third-order valence-electron chi connectivity index (χ3n) is 3.99. The highest BCUT2D eigenvalue weighted by Gasteiger charge is 2.26. The molecule has 0 saturated heterocycles. The van der Waals surface area contributed by atoms with Crippen LogP contribution in [-0.4, -0.2) is 35.0 Å². The second-order valence-electron chi connectivity index (χ2n) is 7.43. The molecule has 1 aromatic heterocycles. The molecule has 0 bridgehead atoms. The van der Waals surface area contributed by atoms with Gasteiger partial charge in [0.2, 0.25) is 0 Å². The Labute approximate surface area is 163 Å². The molecular weight excluding hydrogens is 361 g/mol. The number of hydrogen-bond acceptors (Lipinski definition) is 4. The number of benzene rings is 2. The Hall–Kier alpha value is -2.93. The third-order valence-corrected chi connectivity index (χ3v) is 3.99. The Balaban J connectivity index is 2.09. The highest BCUT2D eigenvalue weighted by molar-refractivity contribution is 5.79. The van der Waals surface area contributed by atoms with Crippen LogP contribution in [0.2, 0.25) is 0 Å². The molecule has 3 aromatic rings. The fourth-order valence-corrected chi connectivity index (χ4v) is 2.95. The van der Waals surface area contributed by atoms with Crippen LogP contribution in [0, 0.1) is 5.82 Å². The first-order valence-electron chi connectivity index (χ1n) is 9.00. The average molecular weight is 385 g/mol. The third kappa shape index (κ3) is 4.48. The van der Waals surface area contributed by atoms with Gasteiger partial charge in [0, 0.05) is 18.9 Å². The molecule has 1 unspecified atom stereocenters. The molecule has 3 rings (SSSR count). The number of nitrogens with one attached hydrogen (secondary N) is 1. The van der Waals surface area contributed by atoms with Crippen molar-refractivity contribution in [2.75, 3.05) is 13.7 Å². The Morgan fingerprint density at radius 3 is 2.57 bits per heavy atom. The molecule has 7 heteroatoms. The first-order chi connectivity index (χ1) is 13.3. The van der Waals surface area contributed by atoms with E-state index in [0.717, 1.165) is 5.69 Å². The molecule has 2 aromatic carbocycles. The minimum atomic E-state index is -0.635. The number of carbonyl (C=O) groups excluding carboxylic acids is 1. The lowest BCUT2D eigenvalue weighted by molar-refractivity contribution is 0.0463. The number of nitrogens with zero attached hydrogens (tertiary/aromatic N) is 2. The van der Waals surface area contributed by atoms with E-state index in [1.807, 2.05) is 34.9 Å². The van der Waals surface area contributed by atoms with Crippen molar-refractivity contribution in [3.63, 3.8) is 0 Å². The van der Waals surface area contributed by atoms with Crippen LogP contribution in [0.4, 0.5) is 9.18 Å². The van der Waals surface area contributed by atoms with Crippen molar-refractivity contribution < 1.29 is 18.7 Å². The molecule has 1 N–H and O–H groups in total. The van der Waals surface area contributed by atoms with Crippen molar-refractivity contribution in [2.24, 2.45) is 0 Å². The molecule has 1 heterocycles. The Kier molecular flexibility index (Phi) is 5.65. The quantitative estimate of drug-likeness (QED) is 0.708. The first kappa shape index (κ1) is 19.8. The van der Waals surface area contributed by atoms with Gasteiger partial charge in [-0.25, -0.2) is 14.2 Å². The van der Waals surface area contributed by atoms with Crippen LogP contribution in [0.3, 0.4) is 0 Å². The maximum Gasteiger partial charge on any atom is 0.408 e. The Bertz CT molecular complexity index is 964. The minimum absolute atomic E-state index is 0.178. The number of imidazole rings is 1. The molecule has 0 saturated carbocycles. The van der Waals surface area contributed by atoms with E-state index in [1.54, 1.807) is 33.9 Å². The van der Waals surface area contributed by atoms with Crippen molar-refractivity contribution in [1.82, 2.24) is 14.9 Å². The molecule has 0 spiro atoms. The van der Waals surface area contributed by atoms with E-state index in [-0.39, 0.29) is 12.4 Å². The summed E-state index contributed by atoms with van der Waals surface area (Å²) < 4.78 is 26.4. The fourth-order valence-electron chi connectivity index (χ4n) is 2.95. The second kappa shape index (κ2) is 7.98. The lowest BCUT2D eigenvalue weighted by atomic mass is 10.2. The van der Waals surface area contributed by atoms with E-state index in [9.17, 15) is 9.18 Å². The van der Waals surface area contributed by atoms with Gasteiger partial charge in [0.05, 0.1) is 17.6 Å². The van der Waals surface area contributed by atoms with Crippen LogP contribution >= 0.6 is 0 Å². The van der Waals surface area contributed by atoms with E-state index < -0.39 is 17.7 Å². The van der Waals surface area contributed by atoms with Gasteiger partial charge in [-0.1, -0.05) is 18.2 Å². The molecular formula is C21H24FN3O3. The number of fused-ring (bicyclic) bond motifs is 1. The first-order valence-corrected chi connectivity index (χ1v) is 9.00. The topological polar surface area (TPSA) is 65.4 Å². The summed E-state index contributed by atoms with van der Waals surface area (Å²) in [6.07, 6.45) is -0.576. The summed E-state index contributed by atoms with van der Waals surface area (Å²) in [5.41, 5.74) is 1.39. The molecule has 1 amide bonds. The van der Waals surface area contributed by atoms with Crippen LogP contribution in [0.1, 0.15) is 32.6 Å². The van der Waals surface area contributed by atoms with Gasteiger partial charge >= 0.3 is 6.09 Å². The van der Waals surface area contributed by atoms with Gasteiger partial charge in [-0.15, -0.1) is 0 Å². The van der Waals surface area contributed by atoms with Gasteiger partial charge in [-0.2, -0.15) is 0 Å². The van der Waals surface area contributed by atoms with E-state index in [2.05, 4.69) is 10.3 Å². The number of rotatable bonds is 5. The zero-order chi connectivity index (χ0) is 20.3. The molecule has 148 valence electrons. The number of carbonyl (C=O) groups is 1. The van der Waals surface area contributed by atoms with Gasteiger partial charge < -0.3 is 14.8 Å². The number of para-hydroxylation sites is 1. The van der Waals surface area contributed by atoms with Crippen LogP contribution in [0.5, 0.6) is 0 Å². The minimum Gasteiger partial charge on any atom is -0.444 e. The van der Waals surface area contributed by atoms with Crippen LogP contribution < -0.4 is 5.32 Å². The van der Waals surface area contributed by atoms with Gasteiger partial charge in [0.25, 0.3) is 0 Å². The normalized spacial score (nSPS) is 12.8. The molecule has 28 heavy (non-hydrogen) atoms. The monoisotopic (exact) mass is 385 g/mol.